The Labute approximate surface area is 95.0 Å². The summed E-state index contributed by atoms with van der Waals surface area (Å²) in [7, 11) is 0. The summed E-state index contributed by atoms with van der Waals surface area (Å²) in [6.07, 6.45) is 4.29. The Morgan fingerprint density at radius 2 is 2.56 bits per heavy atom. The van der Waals surface area contributed by atoms with Gasteiger partial charge in [-0.3, -0.25) is 9.78 Å². The lowest BCUT2D eigenvalue weighted by Gasteiger charge is -2.09. The molecular weight excluding hydrogens is 204 g/mol. The van der Waals surface area contributed by atoms with E-state index in [0.717, 1.165) is 30.8 Å². The first-order chi connectivity index (χ1) is 7.74. The minimum atomic E-state index is 0.0116. The topological polar surface area (TPSA) is 51.2 Å². The SMILES string of the molecule is Cc1cc(NC(=O)CC2CCCO2)ccn1. The first kappa shape index (κ1) is 11.1. The number of carbonyl (C=O) groups is 1. The van der Waals surface area contributed by atoms with Crippen molar-refractivity contribution in [2.75, 3.05) is 11.9 Å². The summed E-state index contributed by atoms with van der Waals surface area (Å²) in [6, 6.07) is 3.65. The maximum absolute atomic E-state index is 11.7. The standard InChI is InChI=1S/C12H16N2O2/c1-9-7-10(4-5-13-9)14-12(15)8-11-3-2-6-16-11/h4-5,7,11H,2-3,6,8H2,1H3,(H,13,14,15). The van der Waals surface area contributed by atoms with Crippen molar-refractivity contribution in [2.24, 2.45) is 0 Å². The highest BCUT2D eigenvalue weighted by atomic mass is 16.5. The predicted molar refractivity (Wildman–Crippen MR) is 61.2 cm³/mol. The number of nitrogens with one attached hydrogen (secondary N) is 1. The van der Waals surface area contributed by atoms with E-state index in [1.165, 1.54) is 0 Å². The van der Waals surface area contributed by atoms with Crippen molar-refractivity contribution in [3.05, 3.63) is 24.0 Å². The lowest BCUT2D eigenvalue weighted by atomic mass is 10.2. The van der Waals surface area contributed by atoms with E-state index < -0.39 is 0 Å². The third-order valence-corrected chi connectivity index (χ3v) is 2.62. The average Bonchev–Trinajstić information content (AvgIpc) is 2.70. The van der Waals surface area contributed by atoms with Crippen LogP contribution in [-0.2, 0) is 9.53 Å². The molecule has 1 aromatic rings. The molecule has 4 nitrogen and oxygen atoms in total. The second kappa shape index (κ2) is 5.07. The molecule has 1 unspecified atom stereocenters. The fourth-order valence-electron chi connectivity index (χ4n) is 1.85. The van der Waals surface area contributed by atoms with E-state index in [9.17, 15) is 4.79 Å². The van der Waals surface area contributed by atoms with Crippen LogP contribution in [0, 0.1) is 6.92 Å². The van der Waals surface area contributed by atoms with E-state index in [1.54, 1.807) is 12.3 Å². The van der Waals surface area contributed by atoms with Crippen molar-refractivity contribution in [3.63, 3.8) is 0 Å². The summed E-state index contributed by atoms with van der Waals surface area (Å²) in [5.41, 5.74) is 1.70. The van der Waals surface area contributed by atoms with Gasteiger partial charge in [0.15, 0.2) is 0 Å². The second-order valence-electron chi connectivity index (χ2n) is 4.07. The zero-order valence-electron chi connectivity index (χ0n) is 9.40. The summed E-state index contributed by atoms with van der Waals surface area (Å²) < 4.78 is 5.41. The van der Waals surface area contributed by atoms with Gasteiger partial charge < -0.3 is 10.1 Å². The number of hydrogen-bond acceptors (Lipinski definition) is 3. The minimum absolute atomic E-state index is 0.0116. The summed E-state index contributed by atoms with van der Waals surface area (Å²) >= 11 is 0. The number of aryl methyl sites for hydroxylation is 1. The lowest BCUT2D eigenvalue weighted by molar-refractivity contribution is -0.118. The Bertz CT molecular complexity index is 373. The highest BCUT2D eigenvalue weighted by molar-refractivity contribution is 5.91. The summed E-state index contributed by atoms with van der Waals surface area (Å²) in [4.78, 5) is 15.7. The van der Waals surface area contributed by atoms with Crippen LogP contribution in [0.2, 0.25) is 0 Å². The smallest absolute Gasteiger partial charge is 0.226 e. The molecule has 1 aromatic heterocycles. The number of carbonyl (C=O) groups excluding carboxylic acids is 1. The molecule has 1 amide bonds. The molecule has 0 aromatic carbocycles. The largest absolute Gasteiger partial charge is 0.378 e. The van der Waals surface area contributed by atoms with Gasteiger partial charge in [-0.05, 0) is 31.9 Å². The maximum atomic E-state index is 11.7. The van der Waals surface area contributed by atoms with Gasteiger partial charge in [0.25, 0.3) is 0 Å². The molecule has 0 spiro atoms. The summed E-state index contributed by atoms with van der Waals surface area (Å²) in [5.74, 6) is 0.0116. The van der Waals surface area contributed by atoms with E-state index in [-0.39, 0.29) is 12.0 Å². The second-order valence-corrected chi connectivity index (χ2v) is 4.07. The van der Waals surface area contributed by atoms with Crippen LogP contribution in [0.3, 0.4) is 0 Å². The molecule has 1 fully saturated rings. The molecule has 16 heavy (non-hydrogen) atoms. The van der Waals surface area contributed by atoms with Crippen molar-refractivity contribution in [1.29, 1.82) is 0 Å². The quantitative estimate of drug-likeness (QED) is 0.846. The molecule has 0 saturated carbocycles. The van der Waals surface area contributed by atoms with E-state index >= 15 is 0 Å². The molecule has 0 aliphatic carbocycles. The predicted octanol–water partition coefficient (Wildman–Crippen LogP) is 1.90. The zero-order chi connectivity index (χ0) is 11.4. The normalized spacial score (nSPS) is 19.7. The van der Waals surface area contributed by atoms with Crippen molar-refractivity contribution in [2.45, 2.75) is 32.3 Å². The number of pyridine rings is 1. The molecule has 1 N–H and O–H groups in total. The first-order valence-corrected chi connectivity index (χ1v) is 5.58. The first-order valence-electron chi connectivity index (χ1n) is 5.58. The Hall–Kier alpha value is -1.42. The summed E-state index contributed by atoms with van der Waals surface area (Å²) in [5, 5.41) is 2.85. The number of rotatable bonds is 3. The third kappa shape index (κ3) is 3.03. The maximum Gasteiger partial charge on any atom is 0.226 e. The van der Waals surface area contributed by atoms with Gasteiger partial charge >= 0.3 is 0 Å². The van der Waals surface area contributed by atoms with Crippen LogP contribution < -0.4 is 5.32 Å². The van der Waals surface area contributed by atoms with Crippen LogP contribution in [0.25, 0.3) is 0 Å². The van der Waals surface area contributed by atoms with Crippen molar-refractivity contribution >= 4 is 11.6 Å². The molecule has 1 aliphatic heterocycles. The van der Waals surface area contributed by atoms with Gasteiger partial charge in [0.05, 0.1) is 12.5 Å². The minimum Gasteiger partial charge on any atom is -0.378 e. The van der Waals surface area contributed by atoms with E-state index in [1.807, 2.05) is 13.0 Å². The average molecular weight is 220 g/mol. The fraction of sp³-hybridized carbons (Fsp3) is 0.500. The number of aromatic nitrogens is 1. The van der Waals surface area contributed by atoms with Crippen LogP contribution in [0.5, 0.6) is 0 Å². The Morgan fingerprint density at radius 1 is 1.69 bits per heavy atom. The number of ether oxygens (including phenoxy) is 1. The highest BCUT2D eigenvalue weighted by Gasteiger charge is 2.18. The van der Waals surface area contributed by atoms with Crippen LogP contribution in [0.1, 0.15) is 25.0 Å². The van der Waals surface area contributed by atoms with E-state index in [2.05, 4.69) is 10.3 Å². The van der Waals surface area contributed by atoms with Gasteiger partial charge in [-0.15, -0.1) is 0 Å². The summed E-state index contributed by atoms with van der Waals surface area (Å²) in [6.45, 7) is 2.68. The number of anilines is 1. The van der Waals surface area contributed by atoms with Crippen LogP contribution in [0.4, 0.5) is 5.69 Å². The van der Waals surface area contributed by atoms with Crippen LogP contribution in [-0.4, -0.2) is 23.6 Å². The highest BCUT2D eigenvalue weighted by Crippen LogP contribution is 2.16. The molecule has 1 atom stereocenters. The van der Waals surface area contributed by atoms with Crippen LogP contribution in [0.15, 0.2) is 18.3 Å². The van der Waals surface area contributed by atoms with Crippen LogP contribution >= 0.6 is 0 Å². The molecule has 0 radical (unpaired) electrons. The Morgan fingerprint density at radius 3 is 3.25 bits per heavy atom. The van der Waals surface area contributed by atoms with Gasteiger partial charge in [-0.1, -0.05) is 0 Å². The van der Waals surface area contributed by atoms with Gasteiger partial charge in [0.1, 0.15) is 0 Å². The zero-order valence-corrected chi connectivity index (χ0v) is 9.40. The van der Waals surface area contributed by atoms with Gasteiger partial charge in [0, 0.05) is 24.2 Å². The lowest BCUT2D eigenvalue weighted by Crippen LogP contribution is -2.19. The number of amides is 1. The fourth-order valence-corrected chi connectivity index (χ4v) is 1.85. The van der Waals surface area contributed by atoms with Gasteiger partial charge in [-0.2, -0.15) is 0 Å². The Balaban J connectivity index is 1.86. The van der Waals surface area contributed by atoms with E-state index in [0.29, 0.717) is 6.42 Å². The van der Waals surface area contributed by atoms with E-state index in [4.69, 9.17) is 4.74 Å². The third-order valence-electron chi connectivity index (χ3n) is 2.62. The molecule has 4 heteroatoms. The molecule has 1 aliphatic rings. The molecular formula is C12H16N2O2. The van der Waals surface area contributed by atoms with Crippen molar-refractivity contribution in [1.82, 2.24) is 4.98 Å². The molecule has 2 rings (SSSR count). The molecule has 0 bridgehead atoms. The molecule has 86 valence electrons. The number of nitrogens with zero attached hydrogens (tertiary/aromatic N) is 1. The Kier molecular flexibility index (Phi) is 3.51. The van der Waals surface area contributed by atoms with Crippen molar-refractivity contribution < 1.29 is 9.53 Å². The van der Waals surface area contributed by atoms with Gasteiger partial charge in [-0.25, -0.2) is 0 Å². The van der Waals surface area contributed by atoms with Crippen molar-refractivity contribution in [3.8, 4) is 0 Å². The molecule has 2 heterocycles. The monoisotopic (exact) mass is 220 g/mol. The van der Waals surface area contributed by atoms with Gasteiger partial charge in [0.2, 0.25) is 5.91 Å². The molecule has 1 saturated heterocycles. The number of hydrogen-bond donors (Lipinski definition) is 1.